The number of hydrogen-bond acceptors (Lipinski definition) is 4. The Bertz CT molecular complexity index is 785. The number of likely N-dealkylation sites (tertiary alicyclic amines) is 1. The van der Waals surface area contributed by atoms with Crippen LogP contribution in [0.15, 0.2) is 24.5 Å². The van der Waals surface area contributed by atoms with Crippen molar-refractivity contribution in [1.29, 1.82) is 0 Å². The van der Waals surface area contributed by atoms with Crippen molar-refractivity contribution >= 4 is 11.6 Å². The molecule has 0 aliphatic carbocycles. The second-order valence-electron chi connectivity index (χ2n) is 8.29. The summed E-state index contributed by atoms with van der Waals surface area (Å²) in [6.07, 6.45) is 7.13. The number of piperazine rings is 1. The minimum Gasteiger partial charge on any atom is -0.340 e. The Morgan fingerprint density at radius 2 is 1.85 bits per heavy atom. The van der Waals surface area contributed by atoms with Crippen molar-refractivity contribution < 1.29 is 4.79 Å². The number of carbonyl (C=O) groups excluding carboxylic acids is 1. The highest BCUT2D eigenvalue weighted by Gasteiger charge is 2.25. The molecule has 0 bridgehead atoms. The molecule has 0 spiro atoms. The number of aromatic nitrogens is 2. The van der Waals surface area contributed by atoms with E-state index >= 15 is 0 Å². The molecule has 4 heterocycles. The molecule has 2 aliphatic heterocycles. The predicted molar refractivity (Wildman–Crippen MR) is 107 cm³/mol. The van der Waals surface area contributed by atoms with Gasteiger partial charge in [0.25, 0.3) is 0 Å². The first-order valence-corrected chi connectivity index (χ1v) is 10.2. The molecule has 146 valence electrons. The number of imidazole rings is 1. The highest BCUT2D eigenvalue weighted by atomic mass is 16.2. The Morgan fingerprint density at radius 1 is 1.11 bits per heavy atom. The summed E-state index contributed by atoms with van der Waals surface area (Å²) in [5.41, 5.74) is 3.52. The fraction of sp³-hybridized carbons (Fsp3) is 0.619. The third-order valence-corrected chi connectivity index (χ3v) is 6.14. The fourth-order valence-corrected chi connectivity index (χ4v) is 4.26. The molecule has 2 fully saturated rings. The van der Waals surface area contributed by atoms with Gasteiger partial charge < -0.3 is 14.2 Å². The maximum absolute atomic E-state index is 12.6. The van der Waals surface area contributed by atoms with Crippen LogP contribution in [0.4, 0.5) is 0 Å². The van der Waals surface area contributed by atoms with Gasteiger partial charge in [0, 0.05) is 45.3 Å². The number of hydrogen-bond donors (Lipinski definition) is 0. The number of fused-ring (bicyclic) bond motifs is 1. The van der Waals surface area contributed by atoms with Gasteiger partial charge in [0.05, 0.1) is 11.9 Å². The number of pyridine rings is 1. The van der Waals surface area contributed by atoms with E-state index in [9.17, 15) is 4.79 Å². The van der Waals surface area contributed by atoms with Crippen LogP contribution in [0, 0.1) is 12.8 Å². The van der Waals surface area contributed by atoms with Gasteiger partial charge in [-0.05, 0) is 57.5 Å². The van der Waals surface area contributed by atoms with Gasteiger partial charge in [-0.1, -0.05) is 6.07 Å². The number of likely N-dealkylation sites (N-methyl/N-ethyl adjacent to an activating group) is 1. The minimum absolute atomic E-state index is 0.360. The van der Waals surface area contributed by atoms with Gasteiger partial charge in [-0.25, -0.2) is 4.98 Å². The Balaban J connectivity index is 1.27. The molecule has 0 unspecified atom stereocenters. The van der Waals surface area contributed by atoms with Crippen LogP contribution in [-0.4, -0.2) is 76.3 Å². The van der Waals surface area contributed by atoms with E-state index in [-0.39, 0.29) is 0 Å². The number of aryl methyl sites for hydroxylation is 1. The zero-order valence-corrected chi connectivity index (χ0v) is 16.6. The zero-order valence-electron chi connectivity index (χ0n) is 16.6. The fourth-order valence-electron chi connectivity index (χ4n) is 4.26. The van der Waals surface area contributed by atoms with Crippen molar-refractivity contribution in [2.45, 2.75) is 32.7 Å². The highest BCUT2D eigenvalue weighted by molar-refractivity contribution is 5.76. The SMILES string of the molecule is Cc1ccc2ncc(CN3CCC(CC(=O)N4CCN(C)CC4)CC3)n2c1. The zero-order chi connectivity index (χ0) is 18.8. The standard InChI is InChI=1S/C21H31N5O/c1-17-3-4-20-22-14-19(26(20)15-17)16-24-7-5-18(6-8-24)13-21(27)25-11-9-23(2)10-12-25/h3-4,14-15,18H,5-13,16H2,1-2H3. The summed E-state index contributed by atoms with van der Waals surface area (Å²) in [5, 5.41) is 0. The maximum Gasteiger partial charge on any atom is 0.222 e. The summed E-state index contributed by atoms with van der Waals surface area (Å²) < 4.78 is 2.21. The molecule has 0 atom stereocenters. The molecule has 6 nitrogen and oxygen atoms in total. The van der Waals surface area contributed by atoms with Crippen molar-refractivity contribution in [3.63, 3.8) is 0 Å². The number of carbonyl (C=O) groups is 1. The molecule has 2 aromatic heterocycles. The molecule has 2 aliphatic rings. The van der Waals surface area contributed by atoms with Crippen LogP contribution in [0.1, 0.15) is 30.5 Å². The van der Waals surface area contributed by atoms with E-state index in [0.29, 0.717) is 11.8 Å². The van der Waals surface area contributed by atoms with Crippen molar-refractivity contribution in [1.82, 2.24) is 24.1 Å². The summed E-state index contributed by atoms with van der Waals surface area (Å²) in [5.74, 6) is 0.900. The van der Waals surface area contributed by atoms with E-state index in [2.05, 4.69) is 56.4 Å². The Labute approximate surface area is 161 Å². The molecule has 6 heteroatoms. The Morgan fingerprint density at radius 3 is 2.59 bits per heavy atom. The number of nitrogens with zero attached hydrogens (tertiary/aromatic N) is 5. The van der Waals surface area contributed by atoms with Gasteiger partial charge in [0.15, 0.2) is 0 Å². The van der Waals surface area contributed by atoms with Crippen LogP contribution in [0.2, 0.25) is 0 Å². The van der Waals surface area contributed by atoms with Gasteiger partial charge >= 0.3 is 0 Å². The summed E-state index contributed by atoms with van der Waals surface area (Å²) in [6, 6.07) is 4.18. The first kappa shape index (κ1) is 18.4. The molecule has 2 saturated heterocycles. The average Bonchev–Trinajstić information content (AvgIpc) is 3.06. The lowest BCUT2D eigenvalue weighted by atomic mass is 9.92. The summed E-state index contributed by atoms with van der Waals surface area (Å²) in [6.45, 7) is 8.98. The molecule has 1 amide bonds. The van der Waals surface area contributed by atoms with E-state index in [1.54, 1.807) is 0 Å². The molecule has 0 aromatic carbocycles. The van der Waals surface area contributed by atoms with Crippen LogP contribution in [0.25, 0.3) is 5.65 Å². The Kier molecular flexibility index (Phi) is 5.45. The molecule has 4 rings (SSSR count). The second-order valence-corrected chi connectivity index (χ2v) is 8.29. The quantitative estimate of drug-likeness (QED) is 0.827. The molecular weight excluding hydrogens is 338 g/mol. The molecule has 2 aromatic rings. The van der Waals surface area contributed by atoms with E-state index in [0.717, 1.165) is 70.7 Å². The van der Waals surface area contributed by atoms with Crippen molar-refractivity contribution in [3.05, 3.63) is 35.8 Å². The third-order valence-electron chi connectivity index (χ3n) is 6.14. The molecule has 0 radical (unpaired) electrons. The summed E-state index contributed by atoms with van der Waals surface area (Å²) in [4.78, 5) is 24.0. The van der Waals surface area contributed by atoms with Crippen molar-refractivity contribution in [3.8, 4) is 0 Å². The summed E-state index contributed by atoms with van der Waals surface area (Å²) >= 11 is 0. The van der Waals surface area contributed by atoms with Gasteiger partial charge in [-0.3, -0.25) is 9.69 Å². The second kappa shape index (κ2) is 7.98. The van der Waals surface area contributed by atoms with Crippen LogP contribution < -0.4 is 0 Å². The normalized spacial score (nSPS) is 20.4. The molecular formula is C21H31N5O. The van der Waals surface area contributed by atoms with Crippen LogP contribution in [0.3, 0.4) is 0 Å². The van der Waals surface area contributed by atoms with E-state index in [1.807, 2.05) is 6.20 Å². The van der Waals surface area contributed by atoms with Gasteiger partial charge in [-0.2, -0.15) is 0 Å². The maximum atomic E-state index is 12.6. The van der Waals surface area contributed by atoms with Gasteiger partial charge in [-0.15, -0.1) is 0 Å². The third kappa shape index (κ3) is 4.33. The molecule has 27 heavy (non-hydrogen) atoms. The lowest BCUT2D eigenvalue weighted by Gasteiger charge is -2.35. The predicted octanol–water partition coefficient (Wildman–Crippen LogP) is 2.02. The van der Waals surface area contributed by atoms with Crippen LogP contribution in [0.5, 0.6) is 0 Å². The number of piperidine rings is 1. The lowest BCUT2D eigenvalue weighted by molar-refractivity contribution is -0.134. The number of amides is 1. The van der Waals surface area contributed by atoms with E-state index < -0.39 is 0 Å². The lowest BCUT2D eigenvalue weighted by Crippen LogP contribution is -2.47. The molecule has 0 saturated carbocycles. The molecule has 0 N–H and O–H groups in total. The van der Waals surface area contributed by atoms with E-state index in [4.69, 9.17) is 0 Å². The van der Waals surface area contributed by atoms with Crippen molar-refractivity contribution in [2.24, 2.45) is 5.92 Å². The first-order valence-electron chi connectivity index (χ1n) is 10.2. The van der Waals surface area contributed by atoms with Gasteiger partial charge in [0.2, 0.25) is 5.91 Å². The van der Waals surface area contributed by atoms with Gasteiger partial charge in [0.1, 0.15) is 5.65 Å². The van der Waals surface area contributed by atoms with Crippen molar-refractivity contribution in [2.75, 3.05) is 46.3 Å². The largest absolute Gasteiger partial charge is 0.340 e. The monoisotopic (exact) mass is 369 g/mol. The average molecular weight is 370 g/mol. The number of rotatable bonds is 4. The van der Waals surface area contributed by atoms with Crippen LogP contribution in [-0.2, 0) is 11.3 Å². The van der Waals surface area contributed by atoms with E-state index in [1.165, 1.54) is 11.3 Å². The first-order chi connectivity index (χ1) is 13.1. The topological polar surface area (TPSA) is 44.1 Å². The smallest absolute Gasteiger partial charge is 0.222 e. The minimum atomic E-state index is 0.360. The highest BCUT2D eigenvalue weighted by Crippen LogP contribution is 2.23. The van der Waals surface area contributed by atoms with Crippen LogP contribution >= 0.6 is 0 Å². The Hall–Kier alpha value is -1.92. The summed E-state index contributed by atoms with van der Waals surface area (Å²) in [7, 11) is 2.13.